The smallest absolute Gasteiger partial charge is 0.0774 e. The molecule has 0 aliphatic heterocycles. The van der Waals surface area contributed by atoms with Crippen LogP contribution in [0.25, 0.3) is 0 Å². The highest BCUT2D eigenvalue weighted by Crippen LogP contribution is 2.09. The van der Waals surface area contributed by atoms with Gasteiger partial charge >= 0.3 is 0 Å². The number of aliphatic hydroxyl groups excluding tert-OH is 1. The molecule has 0 heterocycles. The molecule has 13 heavy (non-hydrogen) atoms. The van der Waals surface area contributed by atoms with Crippen LogP contribution in [-0.2, 0) is 4.74 Å². The van der Waals surface area contributed by atoms with E-state index < -0.39 is 0 Å². The average molecular weight is 184 g/mol. The van der Waals surface area contributed by atoms with Crippen LogP contribution in [0.5, 0.6) is 0 Å². The van der Waals surface area contributed by atoms with Crippen LogP contribution in [0.4, 0.5) is 0 Å². The molecule has 0 saturated carbocycles. The van der Waals surface area contributed by atoms with Crippen molar-refractivity contribution in [3.05, 3.63) is 0 Å². The third-order valence-electron chi connectivity index (χ3n) is 1.57. The summed E-state index contributed by atoms with van der Waals surface area (Å²) in [5.41, 5.74) is -0.174. The van der Waals surface area contributed by atoms with Gasteiger partial charge in [-0.2, -0.15) is 0 Å². The number of hydrogen-bond acceptors (Lipinski definition) is 2. The Morgan fingerprint density at radius 2 is 2.08 bits per heavy atom. The molecule has 0 amide bonds. The molecule has 0 bridgehead atoms. The minimum atomic E-state index is -0.382. The van der Waals surface area contributed by atoms with Gasteiger partial charge in [0.05, 0.1) is 18.3 Å². The van der Waals surface area contributed by atoms with Crippen molar-refractivity contribution in [2.24, 2.45) is 0 Å². The number of terminal acetylenes is 1. The number of hydrogen-bond donors (Lipinski definition) is 1. The Bertz CT molecular complexity index is 162. The molecule has 1 N–H and O–H groups in total. The van der Waals surface area contributed by atoms with Crippen molar-refractivity contribution < 1.29 is 9.84 Å². The van der Waals surface area contributed by atoms with Gasteiger partial charge in [-0.1, -0.05) is 0 Å². The summed E-state index contributed by atoms with van der Waals surface area (Å²) in [6.07, 6.45) is 7.03. The van der Waals surface area contributed by atoms with E-state index in [1.54, 1.807) is 0 Å². The lowest BCUT2D eigenvalue weighted by molar-refractivity contribution is -0.0507. The summed E-state index contributed by atoms with van der Waals surface area (Å²) in [5, 5.41) is 9.45. The zero-order valence-electron chi connectivity index (χ0n) is 8.84. The SMILES string of the molecule is C#CCCCC(O)COC(C)(C)C. The molecule has 1 atom stereocenters. The monoisotopic (exact) mass is 184 g/mol. The molecule has 0 aliphatic carbocycles. The molecule has 2 heteroatoms. The molecule has 0 aromatic rings. The molecular weight excluding hydrogens is 164 g/mol. The van der Waals surface area contributed by atoms with E-state index in [9.17, 15) is 5.11 Å². The summed E-state index contributed by atoms with van der Waals surface area (Å²) in [6, 6.07) is 0. The summed E-state index contributed by atoms with van der Waals surface area (Å²) in [7, 11) is 0. The van der Waals surface area contributed by atoms with Crippen LogP contribution in [0, 0.1) is 12.3 Å². The predicted molar refractivity (Wildman–Crippen MR) is 54.4 cm³/mol. The highest BCUT2D eigenvalue weighted by Gasteiger charge is 2.12. The quantitative estimate of drug-likeness (QED) is 0.523. The second kappa shape index (κ2) is 6.01. The molecule has 2 nitrogen and oxygen atoms in total. The number of rotatable bonds is 5. The van der Waals surface area contributed by atoms with Crippen molar-refractivity contribution in [1.29, 1.82) is 0 Å². The van der Waals surface area contributed by atoms with Gasteiger partial charge < -0.3 is 9.84 Å². The Balaban J connectivity index is 3.42. The summed E-state index contributed by atoms with van der Waals surface area (Å²) >= 11 is 0. The van der Waals surface area contributed by atoms with E-state index in [4.69, 9.17) is 11.2 Å². The van der Waals surface area contributed by atoms with Crippen molar-refractivity contribution in [2.45, 2.75) is 51.7 Å². The van der Waals surface area contributed by atoms with Crippen LogP contribution in [0.1, 0.15) is 40.0 Å². The summed E-state index contributed by atoms with van der Waals surface area (Å²) in [5.74, 6) is 2.54. The topological polar surface area (TPSA) is 29.5 Å². The van der Waals surface area contributed by atoms with E-state index in [0.29, 0.717) is 6.61 Å². The van der Waals surface area contributed by atoms with E-state index in [1.807, 2.05) is 20.8 Å². The van der Waals surface area contributed by atoms with Crippen LogP contribution < -0.4 is 0 Å². The summed E-state index contributed by atoms with van der Waals surface area (Å²) in [6.45, 7) is 6.32. The average Bonchev–Trinajstić information content (AvgIpc) is 2.00. The molecule has 0 aromatic heterocycles. The van der Waals surface area contributed by atoms with Gasteiger partial charge in [0, 0.05) is 6.42 Å². The molecule has 1 unspecified atom stereocenters. The van der Waals surface area contributed by atoms with Crippen molar-refractivity contribution in [3.8, 4) is 12.3 Å². The van der Waals surface area contributed by atoms with Gasteiger partial charge in [0.25, 0.3) is 0 Å². The molecule has 0 aromatic carbocycles. The van der Waals surface area contributed by atoms with Crippen molar-refractivity contribution in [1.82, 2.24) is 0 Å². The molecule has 0 saturated heterocycles. The van der Waals surface area contributed by atoms with Gasteiger partial charge in [-0.25, -0.2) is 0 Å². The Morgan fingerprint density at radius 1 is 1.46 bits per heavy atom. The third-order valence-corrected chi connectivity index (χ3v) is 1.57. The lowest BCUT2D eigenvalue weighted by Gasteiger charge is -2.21. The van der Waals surface area contributed by atoms with Crippen molar-refractivity contribution in [2.75, 3.05) is 6.61 Å². The maximum Gasteiger partial charge on any atom is 0.0774 e. The lowest BCUT2D eigenvalue weighted by atomic mass is 10.1. The Morgan fingerprint density at radius 3 is 2.54 bits per heavy atom. The first-order valence-electron chi connectivity index (χ1n) is 4.71. The zero-order valence-corrected chi connectivity index (χ0v) is 8.84. The minimum Gasteiger partial charge on any atom is -0.391 e. The molecule has 0 spiro atoms. The van der Waals surface area contributed by atoms with Crippen molar-refractivity contribution in [3.63, 3.8) is 0 Å². The van der Waals surface area contributed by atoms with E-state index >= 15 is 0 Å². The normalized spacial score (nSPS) is 13.8. The van der Waals surface area contributed by atoms with Gasteiger partial charge in [0.15, 0.2) is 0 Å². The molecule has 76 valence electrons. The van der Waals surface area contributed by atoms with E-state index in [0.717, 1.165) is 19.3 Å². The van der Waals surface area contributed by atoms with Gasteiger partial charge in [-0.15, -0.1) is 12.3 Å². The highest BCUT2D eigenvalue weighted by molar-refractivity contribution is 4.83. The van der Waals surface area contributed by atoms with Crippen LogP contribution in [0.3, 0.4) is 0 Å². The number of unbranched alkanes of at least 4 members (excludes halogenated alkanes) is 1. The lowest BCUT2D eigenvalue weighted by Crippen LogP contribution is -2.26. The second-order valence-corrected chi connectivity index (χ2v) is 4.17. The van der Waals surface area contributed by atoms with E-state index in [1.165, 1.54) is 0 Å². The summed E-state index contributed by atoms with van der Waals surface area (Å²) < 4.78 is 5.42. The van der Waals surface area contributed by atoms with E-state index in [2.05, 4.69) is 5.92 Å². The fourth-order valence-electron chi connectivity index (χ4n) is 0.869. The first-order valence-corrected chi connectivity index (χ1v) is 4.71. The third kappa shape index (κ3) is 9.39. The van der Waals surface area contributed by atoms with Crippen molar-refractivity contribution >= 4 is 0 Å². The van der Waals surface area contributed by atoms with Gasteiger partial charge in [-0.05, 0) is 33.6 Å². The highest BCUT2D eigenvalue weighted by atomic mass is 16.5. The van der Waals surface area contributed by atoms with Gasteiger partial charge in [0.2, 0.25) is 0 Å². The van der Waals surface area contributed by atoms with Crippen LogP contribution in [-0.4, -0.2) is 23.4 Å². The first-order chi connectivity index (χ1) is 5.95. The second-order valence-electron chi connectivity index (χ2n) is 4.17. The first kappa shape index (κ1) is 12.5. The Hall–Kier alpha value is -0.520. The Kier molecular flexibility index (Phi) is 5.77. The number of aliphatic hydroxyl groups is 1. The molecular formula is C11H20O2. The Labute approximate surface area is 81.3 Å². The zero-order chi connectivity index (χ0) is 10.3. The molecule has 0 rings (SSSR count). The number of ether oxygens (including phenoxy) is 1. The molecule has 0 radical (unpaired) electrons. The van der Waals surface area contributed by atoms with Crippen LogP contribution in [0.15, 0.2) is 0 Å². The maximum atomic E-state index is 9.45. The predicted octanol–water partition coefficient (Wildman–Crippen LogP) is 1.97. The fourth-order valence-corrected chi connectivity index (χ4v) is 0.869. The largest absolute Gasteiger partial charge is 0.391 e. The fraction of sp³-hybridized carbons (Fsp3) is 0.818. The summed E-state index contributed by atoms with van der Waals surface area (Å²) in [4.78, 5) is 0. The maximum absolute atomic E-state index is 9.45. The van der Waals surface area contributed by atoms with Crippen LogP contribution in [0.2, 0.25) is 0 Å². The molecule has 0 aliphatic rings. The van der Waals surface area contributed by atoms with Gasteiger partial charge in [0.1, 0.15) is 0 Å². The van der Waals surface area contributed by atoms with Gasteiger partial charge in [-0.3, -0.25) is 0 Å². The van der Waals surface area contributed by atoms with Crippen LogP contribution >= 0.6 is 0 Å². The minimum absolute atomic E-state index is 0.174. The standard InChI is InChI=1S/C11H20O2/c1-5-6-7-8-10(12)9-13-11(2,3)4/h1,10,12H,6-9H2,2-4H3. The molecule has 0 fully saturated rings. The van der Waals surface area contributed by atoms with E-state index in [-0.39, 0.29) is 11.7 Å².